The van der Waals surface area contributed by atoms with Gasteiger partial charge in [-0.25, -0.2) is 0 Å². The summed E-state index contributed by atoms with van der Waals surface area (Å²) in [5.74, 6) is 0.877. The molecule has 0 spiro atoms. The highest BCUT2D eigenvalue weighted by molar-refractivity contribution is 9.11. The van der Waals surface area contributed by atoms with Crippen molar-refractivity contribution >= 4 is 37.5 Å². The Labute approximate surface area is 129 Å². The van der Waals surface area contributed by atoms with E-state index in [4.69, 9.17) is 4.74 Å². The molecule has 102 valence electrons. The van der Waals surface area contributed by atoms with E-state index in [1.165, 1.54) is 0 Å². The van der Waals surface area contributed by atoms with Crippen LogP contribution in [0.5, 0.6) is 5.75 Å². The zero-order chi connectivity index (χ0) is 13.8. The zero-order valence-corrected chi connectivity index (χ0v) is 14.0. The van der Waals surface area contributed by atoms with Crippen LogP contribution in [0.3, 0.4) is 0 Å². The molecular weight excluding hydrogens is 374 g/mol. The molecule has 0 saturated carbocycles. The van der Waals surface area contributed by atoms with Crippen LogP contribution in [0.2, 0.25) is 0 Å². The quantitative estimate of drug-likeness (QED) is 0.842. The zero-order valence-electron chi connectivity index (χ0n) is 10.8. The van der Waals surface area contributed by atoms with Crippen LogP contribution in [0, 0.1) is 0 Å². The van der Waals surface area contributed by atoms with E-state index >= 15 is 0 Å². The number of ether oxygens (including phenoxy) is 1. The lowest BCUT2D eigenvalue weighted by atomic mass is 10.2. The Hall–Kier alpha value is -1.01. The second-order valence-corrected chi connectivity index (χ2v) is 5.84. The number of rotatable bonds is 5. The molecule has 0 bridgehead atoms. The average Bonchev–Trinajstić information content (AvgIpc) is 2.76. The summed E-state index contributed by atoms with van der Waals surface area (Å²) in [7, 11) is 1.90. The Morgan fingerprint density at radius 1 is 1.37 bits per heavy atom. The molecule has 1 aromatic heterocycles. The fourth-order valence-electron chi connectivity index (χ4n) is 1.76. The molecule has 0 atom stereocenters. The highest BCUT2D eigenvalue weighted by Gasteiger charge is 2.10. The van der Waals surface area contributed by atoms with E-state index in [-0.39, 0.29) is 0 Å². The molecule has 0 aliphatic heterocycles. The predicted molar refractivity (Wildman–Crippen MR) is 83.5 cm³/mol. The summed E-state index contributed by atoms with van der Waals surface area (Å²) in [5, 5.41) is 7.46. The third-order valence-electron chi connectivity index (χ3n) is 2.56. The normalized spacial score (nSPS) is 10.5. The van der Waals surface area contributed by atoms with Crippen LogP contribution in [0.25, 0.3) is 0 Å². The summed E-state index contributed by atoms with van der Waals surface area (Å²) in [6.07, 6.45) is 3.74. The maximum absolute atomic E-state index is 5.69. The van der Waals surface area contributed by atoms with Crippen molar-refractivity contribution < 1.29 is 4.74 Å². The SMILES string of the molecule is CCOc1c(Br)cc(Br)cc1CNc1cnn(C)c1. The van der Waals surface area contributed by atoms with Gasteiger partial charge < -0.3 is 10.1 Å². The van der Waals surface area contributed by atoms with Crippen LogP contribution >= 0.6 is 31.9 Å². The Bertz CT molecular complexity index is 569. The first-order valence-electron chi connectivity index (χ1n) is 5.93. The van der Waals surface area contributed by atoms with Crippen LogP contribution in [-0.4, -0.2) is 16.4 Å². The molecule has 0 amide bonds. The van der Waals surface area contributed by atoms with Crippen molar-refractivity contribution in [1.29, 1.82) is 0 Å². The van der Waals surface area contributed by atoms with Crippen LogP contribution in [0.1, 0.15) is 12.5 Å². The van der Waals surface area contributed by atoms with Crippen molar-refractivity contribution in [2.45, 2.75) is 13.5 Å². The van der Waals surface area contributed by atoms with Crippen molar-refractivity contribution in [3.05, 3.63) is 39.0 Å². The largest absolute Gasteiger partial charge is 0.492 e. The van der Waals surface area contributed by atoms with Gasteiger partial charge in [0, 0.05) is 29.8 Å². The molecule has 0 saturated heterocycles. The van der Waals surface area contributed by atoms with Gasteiger partial charge in [-0.1, -0.05) is 15.9 Å². The van der Waals surface area contributed by atoms with Gasteiger partial charge in [-0.05, 0) is 35.0 Å². The number of nitrogens with one attached hydrogen (secondary N) is 1. The summed E-state index contributed by atoms with van der Waals surface area (Å²) >= 11 is 7.03. The second kappa shape index (κ2) is 6.43. The van der Waals surface area contributed by atoms with Crippen LogP contribution in [0.4, 0.5) is 5.69 Å². The third kappa shape index (κ3) is 3.73. The van der Waals surface area contributed by atoms with Crippen molar-refractivity contribution in [1.82, 2.24) is 9.78 Å². The Morgan fingerprint density at radius 2 is 2.16 bits per heavy atom. The van der Waals surface area contributed by atoms with Crippen LogP contribution in [-0.2, 0) is 13.6 Å². The van der Waals surface area contributed by atoms with Gasteiger partial charge in [0.15, 0.2) is 0 Å². The van der Waals surface area contributed by atoms with E-state index in [1.807, 2.05) is 26.2 Å². The highest BCUT2D eigenvalue weighted by atomic mass is 79.9. The maximum atomic E-state index is 5.69. The van der Waals surface area contributed by atoms with Crippen LogP contribution < -0.4 is 10.1 Å². The summed E-state index contributed by atoms with van der Waals surface area (Å²) in [4.78, 5) is 0. The minimum atomic E-state index is 0.639. The van der Waals surface area contributed by atoms with Gasteiger partial charge in [0.25, 0.3) is 0 Å². The number of nitrogens with zero attached hydrogens (tertiary/aromatic N) is 2. The lowest BCUT2D eigenvalue weighted by Crippen LogP contribution is -2.03. The minimum absolute atomic E-state index is 0.639. The standard InChI is InChI=1S/C13H15Br2N3O/c1-3-19-13-9(4-10(14)5-12(13)15)6-16-11-7-17-18(2)8-11/h4-5,7-8,16H,3,6H2,1-2H3. The number of anilines is 1. The van der Waals surface area contributed by atoms with Gasteiger partial charge in [-0.3, -0.25) is 4.68 Å². The first kappa shape index (κ1) is 14.4. The fraction of sp³-hybridized carbons (Fsp3) is 0.308. The van der Waals surface area contributed by atoms with Crippen molar-refractivity contribution in [3.8, 4) is 5.75 Å². The third-order valence-corrected chi connectivity index (χ3v) is 3.61. The maximum Gasteiger partial charge on any atom is 0.138 e. The summed E-state index contributed by atoms with van der Waals surface area (Å²) in [5.41, 5.74) is 2.08. The van der Waals surface area contributed by atoms with E-state index in [0.717, 1.165) is 25.9 Å². The van der Waals surface area contributed by atoms with Crippen molar-refractivity contribution in [2.75, 3.05) is 11.9 Å². The Balaban J connectivity index is 2.18. The first-order chi connectivity index (χ1) is 9.10. The number of halogens is 2. The number of aromatic nitrogens is 2. The summed E-state index contributed by atoms with van der Waals surface area (Å²) < 4.78 is 9.42. The van der Waals surface area contributed by atoms with Crippen molar-refractivity contribution in [2.24, 2.45) is 7.05 Å². The number of benzene rings is 1. The molecule has 1 N–H and O–H groups in total. The molecule has 0 fully saturated rings. The number of aryl methyl sites for hydroxylation is 1. The lowest BCUT2D eigenvalue weighted by molar-refractivity contribution is 0.334. The van der Waals surface area contributed by atoms with E-state index in [0.29, 0.717) is 13.2 Å². The molecule has 0 unspecified atom stereocenters. The molecular formula is C13H15Br2N3O. The fourth-order valence-corrected chi connectivity index (χ4v) is 3.19. The van der Waals surface area contributed by atoms with E-state index in [2.05, 4.69) is 48.3 Å². The predicted octanol–water partition coefficient (Wildman–Crippen LogP) is 3.96. The molecule has 19 heavy (non-hydrogen) atoms. The van der Waals surface area contributed by atoms with Gasteiger partial charge in [0.05, 0.1) is 23.0 Å². The molecule has 0 aliphatic carbocycles. The topological polar surface area (TPSA) is 39.1 Å². The Kier molecular flexibility index (Phi) is 4.87. The monoisotopic (exact) mass is 387 g/mol. The van der Waals surface area contributed by atoms with E-state index < -0.39 is 0 Å². The van der Waals surface area contributed by atoms with Gasteiger partial charge >= 0.3 is 0 Å². The molecule has 2 aromatic rings. The average molecular weight is 389 g/mol. The molecule has 4 nitrogen and oxygen atoms in total. The van der Waals surface area contributed by atoms with Gasteiger partial charge in [-0.15, -0.1) is 0 Å². The molecule has 0 aliphatic rings. The van der Waals surface area contributed by atoms with E-state index in [9.17, 15) is 0 Å². The van der Waals surface area contributed by atoms with Gasteiger partial charge in [0.1, 0.15) is 5.75 Å². The van der Waals surface area contributed by atoms with E-state index in [1.54, 1.807) is 10.9 Å². The van der Waals surface area contributed by atoms with Gasteiger partial charge in [-0.2, -0.15) is 5.10 Å². The molecule has 2 rings (SSSR count). The number of hydrogen-bond donors (Lipinski definition) is 1. The molecule has 1 aromatic carbocycles. The molecule has 0 radical (unpaired) electrons. The van der Waals surface area contributed by atoms with Crippen LogP contribution in [0.15, 0.2) is 33.5 Å². The lowest BCUT2D eigenvalue weighted by Gasteiger charge is -2.13. The molecule has 1 heterocycles. The molecule has 6 heteroatoms. The van der Waals surface area contributed by atoms with Crippen molar-refractivity contribution in [3.63, 3.8) is 0 Å². The summed E-state index contributed by atoms with van der Waals surface area (Å²) in [6, 6.07) is 4.04. The summed E-state index contributed by atoms with van der Waals surface area (Å²) in [6.45, 7) is 3.30. The first-order valence-corrected chi connectivity index (χ1v) is 7.52. The number of hydrogen-bond acceptors (Lipinski definition) is 3. The minimum Gasteiger partial charge on any atom is -0.492 e. The second-order valence-electron chi connectivity index (χ2n) is 4.07. The highest BCUT2D eigenvalue weighted by Crippen LogP contribution is 2.33. The smallest absolute Gasteiger partial charge is 0.138 e. The van der Waals surface area contributed by atoms with Gasteiger partial charge in [0.2, 0.25) is 0 Å². The Morgan fingerprint density at radius 3 is 2.79 bits per heavy atom.